The predicted molar refractivity (Wildman–Crippen MR) is 165 cm³/mol. The van der Waals surface area contributed by atoms with Crippen LogP contribution in [0.15, 0.2) is 36.5 Å². The van der Waals surface area contributed by atoms with Crippen LogP contribution in [-0.2, 0) is 38.1 Å². The van der Waals surface area contributed by atoms with Crippen LogP contribution >= 0.6 is 0 Å². The third-order valence-electron chi connectivity index (χ3n) is 6.19. The molecule has 5 unspecified atom stereocenters. The average molecular weight is 645 g/mol. The number of hydrogen-bond acceptors (Lipinski definition) is 13. The lowest BCUT2D eigenvalue weighted by molar-refractivity contribution is -0.148. The number of hydrogen-bond donors (Lipinski definition) is 4. The van der Waals surface area contributed by atoms with Gasteiger partial charge in [0, 0.05) is 36.4 Å². The van der Waals surface area contributed by atoms with Gasteiger partial charge in [0.1, 0.15) is 38.1 Å². The largest absolute Gasteiger partial charge is 0.460 e. The highest BCUT2D eigenvalue weighted by Gasteiger charge is 2.32. The summed E-state index contributed by atoms with van der Waals surface area (Å²) in [5, 5.41) is 42.4. The molecule has 0 rings (SSSR count). The van der Waals surface area contributed by atoms with E-state index in [0.717, 1.165) is 17.7 Å². The molecule has 258 valence electrons. The predicted octanol–water partition coefficient (Wildman–Crippen LogP) is 0.124. The van der Waals surface area contributed by atoms with E-state index >= 15 is 0 Å². The summed E-state index contributed by atoms with van der Waals surface area (Å²) < 4.78 is 20.5. The zero-order valence-electron chi connectivity index (χ0n) is 27.2. The lowest BCUT2D eigenvalue weighted by Gasteiger charge is -2.36. The van der Waals surface area contributed by atoms with Crippen molar-refractivity contribution in [3.8, 4) is 0 Å². The van der Waals surface area contributed by atoms with Gasteiger partial charge in [-0.25, -0.2) is 14.4 Å². The maximum atomic E-state index is 13.8. The number of aliphatic hydroxyl groups excluding tert-OH is 4. The average Bonchev–Trinajstić information content (AvgIpc) is 2.97. The number of nitrogens with zero attached hydrogens (tertiary/aromatic N) is 2. The minimum absolute atomic E-state index is 0.0402. The highest BCUT2D eigenvalue weighted by molar-refractivity contribution is 5.87. The molecule has 0 aromatic heterocycles. The van der Waals surface area contributed by atoms with Crippen LogP contribution in [0.3, 0.4) is 0 Å². The van der Waals surface area contributed by atoms with Crippen LogP contribution in [0.1, 0.15) is 47.5 Å². The van der Waals surface area contributed by atoms with Gasteiger partial charge in [-0.1, -0.05) is 33.1 Å². The lowest BCUT2D eigenvalue weighted by Crippen LogP contribution is -2.55. The van der Waals surface area contributed by atoms with E-state index in [2.05, 4.69) is 19.7 Å². The third kappa shape index (κ3) is 18.4. The summed E-state index contributed by atoms with van der Waals surface area (Å²) in [4.78, 5) is 51.7. The van der Waals surface area contributed by atoms with Gasteiger partial charge < -0.3 is 44.3 Å². The highest BCUT2D eigenvalue weighted by atomic mass is 16.6. The molecule has 5 atom stereocenters. The van der Waals surface area contributed by atoms with Crippen LogP contribution in [0.25, 0.3) is 0 Å². The van der Waals surface area contributed by atoms with E-state index in [1.54, 1.807) is 0 Å². The van der Waals surface area contributed by atoms with E-state index in [1.165, 1.54) is 32.6 Å². The molecule has 0 aromatic carbocycles. The normalized spacial score (nSPS) is 14.4. The second-order valence-electron chi connectivity index (χ2n) is 11.1. The maximum absolute atomic E-state index is 13.8. The summed E-state index contributed by atoms with van der Waals surface area (Å²) in [7, 11) is 0. The van der Waals surface area contributed by atoms with Crippen LogP contribution < -0.4 is 0 Å². The van der Waals surface area contributed by atoms with Crippen LogP contribution in [0.5, 0.6) is 0 Å². The summed E-state index contributed by atoms with van der Waals surface area (Å²) in [6.07, 6.45) is -3.36. The number of carbonyl (C=O) groups excluding carboxylic acids is 4. The molecule has 14 nitrogen and oxygen atoms in total. The van der Waals surface area contributed by atoms with Gasteiger partial charge in [-0.15, -0.1) is 0 Å². The summed E-state index contributed by atoms with van der Waals surface area (Å²) in [5.41, 5.74) is 0.357. The highest BCUT2D eigenvalue weighted by Crippen LogP contribution is 2.11. The lowest BCUT2D eigenvalue weighted by atomic mass is 10.1. The quantitative estimate of drug-likeness (QED) is 0.0480. The standard InChI is InChI=1S/C31H52N2O12/c1-9-10-11-42-16-24(34)12-32(13-25(35)17-43-29(39)20(2)3)23(8)28(38)33(14-26(36)18-44-30(40)21(4)5)15-27(37)19-45-31(41)22(6)7/h23-27,34-37H,2,4,6,9-19H2,1,3,5,7-8H3. The monoisotopic (exact) mass is 644 g/mol. The second kappa shape index (κ2) is 22.4. The Balaban J connectivity index is 5.94. The molecule has 0 radical (unpaired) electrons. The number of ether oxygens (including phenoxy) is 4. The van der Waals surface area contributed by atoms with Crippen molar-refractivity contribution in [3.63, 3.8) is 0 Å². The molecule has 0 heterocycles. The van der Waals surface area contributed by atoms with Crippen LogP contribution in [0.4, 0.5) is 0 Å². The molecule has 0 aliphatic rings. The molecule has 0 spiro atoms. The molecule has 0 aromatic rings. The molecule has 45 heavy (non-hydrogen) atoms. The molecule has 1 amide bonds. The smallest absolute Gasteiger partial charge is 0.333 e. The Kier molecular flexibility index (Phi) is 20.8. The first kappa shape index (κ1) is 41.9. The molecule has 0 bridgehead atoms. The summed E-state index contributed by atoms with van der Waals surface area (Å²) in [6, 6.07) is -1.06. The van der Waals surface area contributed by atoms with Crippen LogP contribution in [-0.4, -0.2) is 144 Å². The van der Waals surface area contributed by atoms with E-state index in [9.17, 15) is 39.6 Å². The molecule has 0 aliphatic heterocycles. The third-order valence-corrected chi connectivity index (χ3v) is 6.19. The molecule has 0 aliphatic carbocycles. The molecule has 0 fully saturated rings. The molecule has 14 heteroatoms. The molecule has 0 saturated heterocycles. The second-order valence-corrected chi connectivity index (χ2v) is 11.1. The van der Waals surface area contributed by atoms with Crippen molar-refractivity contribution in [1.29, 1.82) is 0 Å². The van der Waals surface area contributed by atoms with E-state index in [0.29, 0.717) is 6.61 Å². The SMILES string of the molecule is C=C(C)C(=O)OCC(O)CN(CC(O)COC(=O)C(=C)C)C(=O)C(C)N(CC(O)COCCCC)CC(O)COC(=O)C(=C)C. The zero-order valence-corrected chi connectivity index (χ0v) is 27.2. The van der Waals surface area contributed by atoms with Crippen LogP contribution in [0, 0.1) is 0 Å². The van der Waals surface area contributed by atoms with Gasteiger partial charge in [0.05, 0.1) is 31.8 Å². The van der Waals surface area contributed by atoms with Crippen molar-refractivity contribution in [3.05, 3.63) is 36.5 Å². The number of amides is 1. The van der Waals surface area contributed by atoms with Crippen molar-refractivity contribution in [2.45, 2.75) is 77.9 Å². The van der Waals surface area contributed by atoms with Gasteiger partial charge in [-0.2, -0.15) is 0 Å². The van der Waals surface area contributed by atoms with Crippen molar-refractivity contribution < 1.29 is 58.6 Å². The van der Waals surface area contributed by atoms with Crippen molar-refractivity contribution >= 4 is 23.8 Å². The Morgan fingerprint density at radius 3 is 1.36 bits per heavy atom. The van der Waals surface area contributed by atoms with Gasteiger partial charge in [0.15, 0.2) is 0 Å². The fraction of sp³-hybridized carbons (Fsp3) is 0.677. The maximum Gasteiger partial charge on any atom is 0.333 e. The molecular formula is C31H52N2O12. The van der Waals surface area contributed by atoms with Crippen molar-refractivity contribution in [2.75, 3.05) is 59.2 Å². The molecule has 4 N–H and O–H groups in total. The fourth-order valence-electron chi connectivity index (χ4n) is 3.68. The van der Waals surface area contributed by atoms with E-state index in [1.807, 2.05) is 6.92 Å². The summed E-state index contributed by atoms with van der Waals surface area (Å²) >= 11 is 0. The molecule has 0 saturated carbocycles. The Morgan fingerprint density at radius 1 is 0.644 bits per heavy atom. The van der Waals surface area contributed by atoms with Gasteiger partial charge in [0.2, 0.25) is 5.91 Å². The van der Waals surface area contributed by atoms with Crippen molar-refractivity contribution in [2.24, 2.45) is 0 Å². The zero-order chi connectivity index (χ0) is 34.7. The van der Waals surface area contributed by atoms with Gasteiger partial charge in [0.25, 0.3) is 0 Å². The first-order valence-electron chi connectivity index (χ1n) is 14.8. The minimum Gasteiger partial charge on any atom is -0.460 e. The van der Waals surface area contributed by atoms with Gasteiger partial charge in [-0.05, 0) is 34.1 Å². The fourth-order valence-corrected chi connectivity index (χ4v) is 3.68. The number of esters is 3. The Labute approximate surface area is 265 Å². The van der Waals surface area contributed by atoms with Gasteiger partial charge >= 0.3 is 17.9 Å². The Hall–Kier alpha value is -3.14. The first-order chi connectivity index (χ1) is 21.0. The van der Waals surface area contributed by atoms with E-state index in [-0.39, 0.29) is 36.4 Å². The van der Waals surface area contributed by atoms with E-state index in [4.69, 9.17) is 18.9 Å². The number of carbonyl (C=O) groups is 4. The van der Waals surface area contributed by atoms with Crippen LogP contribution in [0.2, 0.25) is 0 Å². The summed E-state index contributed by atoms with van der Waals surface area (Å²) in [6.45, 7) is 16.1. The molecular weight excluding hydrogens is 592 g/mol. The topological polar surface area (TPSA) is 193 Å². The Morgan fingerprint density at radius 2 is 1.00 bits per heavy atom. The number of aliphatic hydroxyl groups is 4. The first-order valence-corrected chi connectivity index (χ1v) is 14.8. The van der Waals surface area contributed by atoms with E-state index < -0.39 is 87.2 Å². The summed E-state index contributed by atoms with van der Waals surface area (Å²) in [5.74, 6) is -2.83. The number of rotatable bonds is 24. The Bertz CT molecular complexity index is 963. The van der Waals surface area contributed by atoms with Gasteiger partial charge in [-0.3, -0.25) is 9.69 Å². The minimum atomic E-state index is -1.37. The van der Waals surface area contributed by atoms with Crippen molar-refractivity contribution in [1.82, 2.24) is 9.80 Å². The number of unbranched alkanes of at least 4 members (excludes halogenated alkanes) is 1.